The molecule has 0 amide bonds. The van der Waals surface area contributed by atoms with Gasteiger partial charge in [-0.15, -0.1) is 0 Å². The zero-order valence-corrected chi connectivity index (χ0v) is 16.7. The summed E-state index contributed by atoms with van der Waals surface area (Å²) < 4.78 is 17.5. The molecule has 0 saturated carbocycles. The van der Waals surface area contributed by atoms with Crippen molar-refractivity contribution in [1.29, 1.82) is 0 Å². The Balaban J connectivity index is 1.41. The van der Waals surface area contributed by atoms with Gasteiger partial charge in [-0.2, -0.15) is 4.98 Å². The first-order chi connectivity index (χ1) is 14.1. The SMILES string of the molecule is Cn1c(SCc2nc(-c3ccc(Cl)cc3)no2)nc2cc3c(cc2c1=O)OCO3. The number of ether oxygens (including phenoxy) is 2. The molecule has 3 heterocycles. The van der Waals surface area contributed by atoms with Gasteiger partial charge in [0.25, 0.3) is 5.56 Å². The average molecular weight is 429 g/mol. The van der Waals surface area contributed by atoms with Crippen molar-refractivity contribution in [2.75, 3.05) is 6.79 Å². The van der Waals surface area contributed by atoms with Crippen molar-refractivity contribution >= 4 is 34.3 Å². The number of nitrogens with zero attached hydrogens (tertiary/aromatic N) is 4. The van der Waals surface area contributed by atoms with Crippen molar-refractivity contribution in [2.45, 2.75) is 10.9 Å². The summed E-state index contributed by atoms with van der Waals surface area (Å²) in [7, 11) is 1.68. The minimum atomic E-state index is -0.164. The van der Waals surface area contributed by atoms with Crippen LogP contribution in [0.25, 0.3) is 22.3 Å². The summed E-state index contributed by atoms with van der Waals surface area (Å²) in [5, 5.41) is 5.64. The number of aromatic nitrogens is 4. The maximum absolute atomic E-state index is 12.7. The summed E-state index contributed by atoms with van der Waals surface area (Å²) in [6.45, 7) is 0.140. The topological polar surface area (TPSA) is 92.3 Å². The van der Waals surface area contributed by atoms with Crippen LogP contribution in [-0.4, -0.2) is 26.5 Å². The van der Waals surface area contributed by atoms with Crippen LogP contribution in [0.15, 0.2) is 50.9 Å². The number of benzene rings is 2. The molecule has 5 rings (SSSR count). The van der Waals surface area contributed by atoms with Gasteiger partial charge in [0.2, 0.25) is 18.5 Å². The summed E-state index contributed by atoms with van der Waals surface area (Å²) in [5.41, 5.74) is 1.19. The quantitative estimate of drug-likeness (QED) is 0.359. The Morgan fingerprint density at radius 2 is 1.90 bits per heavy atom. The molecule has 8 nitrogen and oxygen atoms in total. The van der Waals surface area contributed by atoms with Gasteiger partial charge in [-0.05, 0) is 30.3 Å². The second-order valence-electron chi connectivity index (χ2n) is 6.29. The Labute approximate surface area is 173 Å². The van der Waals surface area contributed by atoms with Gasteiger partial charge >= 0.3 is 0 Å². The minimum absolute atomic E-state index is 0.140. The third-order valence-electron chi connectivity index (χ3n) is 4.42. The van der Waals surface area contributed by atoms with Crippen LogP contribution in [0.1, 0.15) is 5.89 Å². The maximum atomic E-state index is 12.7. The number of hydrogen-bond donors (Lipinski definition) is 0. The molecule has 0 atom stereocenters. The van der Waals surface area contributed by atoms with Crippen molar-refractivity contribution in [3.63, 3.8) is 0 Å². The Hall–Kier alpha value is -3.04. The van der Waals surface area contributed by atoms with Crippen LogP contribution in [0, 0.1) is 0 Å². The number of hydrogen-bond acceptors (Lipinski definition) is 8. The molecule has 29 heavy (non-hydrogen) atoms. The first kappa shape index (κ1) is 18.0. The van der Waals surface area contributed by atoms with Gasteiger partial charge in [-0.1, -0.05) is 28.5 Å². The van der Waals surface area contributed by atoms with Crippen molar-refractivity contribution in [1.82, 2.24) is 19.7 Å². The van der Waals surface area contributed by atoms with Gasteiger partial charge in [0.05, 0.1) is 16.7 Å². The summed E-state index contributed by atoms with van der Waals surface area (Å²) >= 11 is 7.24. The highest BCUT2D eigenvalue weighted by atomic mass is 35.5. The van der Waals surface area contributed by atoms with Crippen LogP contribution in [0.2, 0.25) is 5.02 Å². The summed E-state index contributed by atoms with van der Waals surface area (Å²) in [4.78, 5) is 21.7. The van der Waals surface area contributed by atoms with Crippen molar-refractivity contribution in [2.24, 2.45) is 7.05 Å². The second kappa shape index (κ2) is 7.09. The van der Waals surface area contributed by atoms with E-state index in [1.807, 2.05) is 12.1 Å². The van der Waals surface area contributed by atoms with E-state index in [1.54, 1.807) is 31.3 Å². The molecule has 0 radical (unpaired) electrons. The predicted molar refractivity (Wildman–Crippen MR) is 107 cm³/mol. The Kier molecular flexibility index (Phi) is 4.40. The van der Waals surface area contributed by atoms with Gasteiger partial charge in [-0.25, -0.2) is 4.98 Å². The van der Waals surface area contributed by atoms with Crippen LogP contribution in [-0.2, 0) is 12.8 Å². The molecule has 146 valence electrons. The normalized spacial score (nSPS) is 12.6. The number of halogens is 1. The number of thioether (sulfide) groups is 1. The zero-order chi connectivity index (χ0) is 20.0. The fourth-order valence-electron chi connectivity index (χ4n) is 2.93. The highest BCUT2D eigenvalue weighted by molar-refractivity contribution is 7.98. The highest BCUT2D eigenvalue weighted by Crippen LogP contribution is 2.35. The van der Waals surface area contributed by atoms with Crippen molar-refractivity contribution < 1.29 is 14.0 Å². The van der Waals surface area contributed by atoms with Gasteiger partial charge < -0.3 is 14.0 Å². The smallest absolute Gasteiger partial charge is 0.261 e. The lowest BCUT2D eigenvalue weighted by Gasteiger charge is -2.08. The molecule has 0 bridgehead atoms. The maximum Gasteiger partial charge on any atom is 0.261 e. The Morgan fingerprint density at radius 3 is 2.69 bits per heavy atom. The minimum Gasteiger partial charge on any atom is -0.454 e. The van der Waals surface area contributed by atoms with Crippen molar-refractivity contribution in [3.05, 3.63) is 57.7 Å². The van der Waals surface area contributed by atoms with Gasteiger partial charge in [0, 0.05) is 23.7 Å². The Bertz CT molecular complexity index is 1290. The molecule has 0 fully saturated rings. The summed E-state index contributed by atoms with van der Waals surface area (Å²) in [6.07, 6.45) is 0. The molecule has 1 aliphatic heterocycles. The molecule has 2 aromatic carbocycles. The molecule has 0 N–H and O–H groups in total. The van der Waals surface area contributed by atoms with E-state index in [1.165, 1.54) is 16.3 Å². The van der Waals surface area contributed by atoms with E-state index in [4.69, 9.17) is 25.6 Å². The molecule has 10 heteroatoms. The lowest BCUT2D eigenvalue weighted by Crippen LogP contribution is -2.20. The van der Waals surface area contributed by atoms with E-state index >= 15 is 0 Å². The van der Waals surface area contributed by atoms with E-state index in [9.17, 15) is 4.79 Å². The molecule has 4 aromatic rings. The number of rotatable bonds is 4. The van der Waals surface area contributed by atoms with Crippen LogP contribution in [0.3, 0.4) is 0 Å². The van der Waals surface area contributed by atoms with Crippen LogP contribution in [0.4, 0.5) is 0 Å². The Morgan fingerprint density at radius 1 is 1.14 bits per heavy atom. The summed E-state index contributed by atoms with van der Waals surface area (Å²) in [5.74, 6) is 2.41. The van der Waals surface area contributed by atoms with E-state index in [0.29, 0.717) is 50.0 Å². The molecule has 0 saturated heterocycles. The monoisotopic (exact) mass is 428 g/mol. The van der Waals surface area contributed by atoms with Crippen LogP contribution < -0.4 is 15.0 Å². The number of fused-ring (bicyclic) bond motifs is 2. The molecule has 0 aliphatic carbocycles. The van der Waals surface area contributed by atoms with Crippen LogP contribution >= 0.6 is 23.4 Å². The first-order valence-electron chi connectivity index (χ1n) is 8.60. The largest absolute Gasteiger partial charge is 0.454 e. The van der Waals surface area contributed by atoms with Crippen molar-refractivity contribution in [3.8, 4) is 22.9 Å². The standard InChI is InChI=1S/C19H13ClN4O4S/c1-24-18(25)12-6-14-15(27-9-26-14)7-13(12)21-19(24)29-8-16-22-17(23-28-16)10-2-4-11(20)5-3-10/h2-7H,8-9H2,1H3. The lowest BCUT2D eigenvalue weighted by atomic mass is 10.2. The molecule has 0 unspecified atom stereocenters. The van der Waals surface area contributed by atoms with Crippen LogP contribution in [0.5, 0.6) is 11.5 Å². The average Bonchev–Trinajstić information content (AvgIpc) is 3.38. The van der Waals surface area contributed by atoms with Gasteiger partial charge in [0.1, 0.15) is 0 Å². The first-order valence-corrected chi connectivity index (χ1v) is 9.96. The second-order valence-corrected chi connectivity index (χ2v) is 7.67. The highest BCUT2D eigenvalue weighted by Gasteiger charge is 2.18. The zero-order valence-electron chi connectivity index (χ0n) is 15.1. The predicted octanol–water partition coefficient (Wildman–Crippen LogP) is 3.66. The molecule has 1 aliphatic rings. The van der Waals surface area contributed by atoms with Gasteiger partial charge in [-0.3, -0.25) is 9.36 Å². The fourth-order valence-corrected chi connectivity index (χ4v) is 3.86. The molecular formula is C19H13ClN4O4S. The third-order valence-corrected chi connectivity index (χ3v) is 5.69. The van der Waals surface area contributed by atoms with E-state index < -0.39 is 0 Å². The van der Waals surface area contributed by atoms with E-state index in [2.05, 4.69) is 15.1 Å². The molecule has 2 aromatic heterocycles. The fraction of sp³-hybridized carbons (Fsp3) is 0.158. The molecule has 0 spiro atoms. The summed E-state index contributed by atoms with van der Waals surface area (Å²) in [6, 6.07) is 10.6. The van der Waals surface area contributed by atoms with E-state index in [-0.39, 0.29) is 12.4 Å². The molecular weight excluding hydrogens is 416 g/mol. The van der Waals surface area contributed by atoms with E-state index in [0.717, 1.165) is 5.56 Å². The van der Waals surface area contributed by atoms with Gasteiger partial charge in [0.15, 0.2) is 16.7 Å². The lowest BCUT2D eigenvalue weighted by molar-refractivity contribution is 0.174. The third kappa shape index (κ3) is 3.32.